The first kappa shape index (κ1) is 22.0. The van der Waals surface area contributed by atoms with Crippen molar-refractivity contribution >= 4 is 27.0 Å². The van der Waals surface area contributed by atoms with Crippen LogP contribution in [-0.2, 0) is 21.2 Å². The monoisotopic (exact) mass is 428 g/mol. The van der Waals surface area contributed by atoms with Gasteiger partial charge >= 0.3 is 0 Å². The number of aromatic nitrogens is 2. The molecule has 2 aromatic carbocycles. The summed E-state index contributed by atoms with van der Waals surface area (Å²) in [6.45, 7) is 6.38. The number of para-hydroxylation sites is 2. The number of rotatable bonds is 9. The van der Waals surface area contributed by atoms with Crippen molar-refractivity contribution in [2.75, 3.05) is 13.1 Å². The molecule has 0 aliphatic rings. The Kier molecular flexibility index (Phi) is 6.89. The zero-order chi connectivity index (χ0) is 21.7. The van der Waals surface area contributed by atoms with Crippen LogP contribution in [0.3, 0.4) is 0 Å². The molecule has 1 atom stereocenters. The number of hydrogen-bond acceptors (Lipinski definition) is 4. The quantitative estimate of drug-likeness (QED) is 0.546. The predicted molar refractivity (Wildman–Crippen MR) is 118 cm³/mol. The minimum Gasteiger partial charge on any atom is -0.350 e. The number of hydrogen-bond donors (Lipinski definition) is 2. The molecule has 1 aromatic heterocycles. The molecule has 0 spiro atoms. The van der Waals surface area contributed by atoms with E-state index in [1.165, 1.54) is 4.31 Å². The van der Waals surface area contributed by atoms with Gasteiger partial charge in [0.2, 0.25) is 15.9 Å². The van der Waals surface area contributed by atoms with Gasteiger partial charge in [-0.1, -0.05) is 38.1 Å². The first-order chi connectivity index (χ1) is 14.3. The molecule has 0 fully saturated rings. The van der Waals surface area contributed by atoms with E-state index < -0.39 is 10.0 Å². The van der Waals surface area contributed by atoms with E-state index in [9.17, 15) is 13.2 Å². The standard InChI is InChI=1S/C22H28N4O3S/c1-4-26(5-2)30(28,29)18-12-10-17(11-13-18)16(3)23-22(27)15-14-21-24-19-8-6-7-9-20(19)25-21/h6-13,16H,4-5,14-15H2,1-3H3,(H,23,27)(H,24,25). The number of benzene rings is 2. The molecular weight excluding hydrogens is 400 g/mol. The average molecular weight is 429 g/mol. The number of aromatic amines is 1. The molecule has 8 heteroatoms. The summed E-state index contributed by atoms with van der Waals surface area (Å²) in [5.74, 6) is 0.702. The lowest BCUT2D eigenvalue weighted by Crippen LogP contribution is -2.30. The summed E-state index contributed by atoms with van der Waals surface area (Å²) in [6, 6.07) is 14.2. The molecule has 0 aliphatic carbocycles. The summed E-state index contributed by atoms with van der Waals surface area (Å²) < 4.78 is 26.6. The third-order valence-corrected chi connectivity index (χ3v) is 7.19. The Morgan fingerprint density at radius 2 is 1.77 bits per heavy atom. The number of nitrogens with zero attached hydrogens (tertiary/aromatic N) is 2. The highest BCUT2D eigenvalue weighted by Gasteiger charge is 2.21. The van der Waals surface area contributed by atoms with E-state index in [1.54, 1.807) is 24.3 Å². The number of nitrogens with one attached hydrogen (secondary N) is 2. The first-order valence-corrected chi connectivity index (χ1v) is 11.6. The van der Waals surface area contributed by atoms with Crippen LogP contribution >= 0.6 is 0 Å². The molecule has 0 saturated carbocycles. The molecule has 160 valence electrons. The molecule has 7 nitrogen and oxygen atoms in total. The Morgan fingerprint density at radius 3 is 2.40 bits per heavy atom. The van der Waals surface area contributed by atoms with E-state index in [-0.39, 0.29) is 16.8 Å². The largest absolute Gasteiger partial charge is 0.350 e. The van der Waals surface area contributed by atoms with E-state index in [0.717, 1.165) is 22.4 Å². The smallest absolute Gasteiger partial charge is 0.243 e. The second-order valence-electron chi connectivity index (χ2n) is 7.15. The van der Waals surface area contributed by atoms with Crippen LogP contribution in [0.5, 0.6) is 0 Å². The summed E-state index contributed by atoms with van der Waals surface area (Å²) in [7, 11) is -3.48. The second kappa shape index (κ2) is 9.40. The van der Waals surface area contributed by atoms with E-state index in [2.05, 4.69) is 15.3 Å². The average Bonchev–Trinajstić information content (AvgIpc) is 3.16. The molecule has 1 heterocycles. The number of H-pyrrole nitrogens is 1. The Morgan fingerprint density at radius 1 is 1.10 bits per heavy atom. The maximum absolute atomic E-state index is 12.6. The lowest BCUT2D eigenvalue weighted by atomic mass is 10.1. The Bertz CT molecular complexity index is 1070. The topological polar surface area (TPSA) is 95.2 Å². The molecule has 1 amide bonds. The van der Waals surface area contributed by atoms with Gasteiger partial charge in [-0.2, -0.15) is 4.31 Å². The van der Waals surface area contributed by atoms with Gasteiger partial charge < -0.3 is 10.3 Å². The van der Waals surface area contributed by atoms with Crippen LogP contribution in [-0.4, -0.2) is 41.7 Å². The third-order valence-electron chi connectivity index (χ3n) is 5.13. The highest BCUT2D eigenvalue weighted by molar-refractivity contribution is 7.89. The zero-order valence-corrected chi connectivity index (χ0v) is 18.4. The number of amides is 1. The molecule has 2 N–H and O–H groups in total. The van der Waals surface area contributed by atoms with Crippen molar-refractivity contribution < 1.29 is 13.2 Å². The van der Waals surface area contributed by atoms with Crippen molar-refractivity contribution in [3.63, 3.8) is 0 Å². The van der Waals surface area contributed by atoms with Crippen molar-refractivity contribution in [1.29, 1.82) is 0 Å². The van der Waals surface area contributed by atoms with Gasteiger partial charge in [-0.15, -0.1) is 0 Å². The zero-order valence-electron chi connectivity index (χ0n) is 17.6. The molecule has 3 aromatic rings. The lowest BCUT2D eigenvalue weighted by Gasteiger charge is -2.19. The minimum atomic E-state index is -3.48. The van der Waals surface area contributed by atoms with Crippen molar-refractivity contribution in [2.45, 2.75) is 44.6 Å². The second-order valence-corrected chi connectivity index (χ2v) is 9.09. The van der Waals surface area contributed by atoms with Gasteiger partial charge in [0.05, 0.1) is 22.0 Å². The van der Waals surface area contributed by atoms with E-state index in [1.807, 2.05) is 45.0 Å². The number of fused-ring (bicyclic) bond motifs is 1. The van der Waals surface area contributed by atoms with Crippen LogP contribution < -0.4 is 5.32 Å². The minimum absolute atomic E-state index is 0.0807. The first-order valence-electron chi connectivity index (χ1n) is 10.2. The van der Waals surface area contributed by atoms with Crippen LogP contribution in [0.15, 0.2) is 53.4 Å². The van der Waals surface area contributed by atoms with Gasteiger partial charge in [0.15, 0.2) is 0 Å². The fourth-order valence-corrected chi connectivity index (χ4v) is 4.85. The number of carbonyl (C=O) groups excluding carboxylic acids is 1. The highest BCUT2D eigenvalue weighted by Crippen LogP contribution is 2.19. The van der Waals surface area contributed by atoms with Gasteiger partial charge in [0, 0.05) is 25.9 Å². The van der Waals surface area contributed by atoms with Crippen molar-refractivity contribution in [1.82, 2.24) is 19.6 Å². The lowest BCUT2D eigenvalue weighted by molar-refractivity contribution is -0.121. The molecule has 3 rings (SSSR count). The Labute approximate surface area is 177 Å². The SMILES string of the molecule is CCN(CC)S(=O)(=O)c1ccc(C(C)NC(=O)CCc2nc3ccccc3[nH]2)cc1. The Hall–Kier alpha value is -2.71. The van der Waals surface area contributed by atoms with Gasteiger partial charge in [-0.3, -0.25) is 4.79 Å². The van der Waals surface area contributed by atoms with Crippen LogP contribution in [0, 0.1) is 0 Å². The maximum atomic E-state index is 12.6. The van der Waals surface area contributed by atoms with Gasteiger partial charge in [-0.05, 0) is 36.8 Å². The predicted octanol–water partition coefficient (Wildman–Crippen LogP) is 3.40. The molecular formula is C22H28N4O3S. The summed E-state index contributed by atoms with van der Waals surface area (Å²) in [4.78, 5) is 20.3. The van der Waals surface area contributed by atoms with Crippen molar-refractivity contribution in [3.05, 3.63) is 59.9 Å². The van der Waals surface area contributed by atoms with Gasteiger partial charge in [0.1, 0.15) is 5.82 Å². The molecule has 0 saturated heterocycles. The van der Waals surface area contributed by atoms with Crippen LogP contribution in [0.1, 0.15) is 44.6 Å². The van der Waals surface area contributed by atoms with Crippen LogP contribution in [0.25, 0.3) is 11.0 Å². The van der Waals surface area contributed by atoms with Crippen molar-refractivity contribution in [3.8, 4) is 0 Å². The highest BCUT2D eigenvalue weighted by atomic mass is 32.2. The van der Waals surface area contributed by atoms with Gasteiger partial charge in [0.25, 0.3) is 0 Å². The molecule has 1 unspecified atom stereocenters. The summed E-state index contributed by atoms with van der Waals surface area (Å²) in [5, 5.41) is 2.96. The van der Waals surface area contributed by atoms with Crippen LogP contribution in [0.2, 0.25) is 0 Å². The fourth-order valence-electron chi connectivity index (χ4n) is 3.39. The maximum Gasteiger partial charge on any atom is 0.243 e. The van der Waals surface area contributed by atoms with Gasteiger partial charge in [-0.25, -0.2) is 13.4 Å². The van der Waals surface area contributed by atoms with E-state index in [4.69, 9.17) is 0 Å². The normalized spacial score (nSPS) is 12.9. The fraction of sp³-hybridized carbons (Fsp3) is 0.364. The molecule has 0 aliphatic heterocycles. The van der Waals surface area contributed by atoms with E-state index >= 15 is 0 Å². The number of aryl methyl sites for hydroxylation is 1. The third kappa shape index (κ3) is 4.88. The van der Waals surface area contributed by atoms with E-state index in [0.29, 0.717) is 25.9 Å². The number of imidazole rings is 1. The summed E-state index contributed by atoms with van der Waals surface area (Å²) in [5.41, 5.74) is 2.70. The summed E-state index contributed by atoms with van der Waals surface area (Å²) >= 11 is 0. The Balaban J connectivity index is 1.58. The number of carbonyl (C=O) groups is 1. The number of sulfonamides is 1. The molecule has 0 bridgehead atoms. The molecule has 0 radical (unpaired) electrons. The molecule has 30 heavy (non-hydrogen) atoms. The van der Waals surface area contributed by atoms with Crippen molar-refractivity contribution in [2.24, 2.45) is 0 Å². The summed E-state index contributed by atoms with van der Waals surface area (Å²) in [6.07, 6.45) is 0.840. The van der Waals surface area contributed by atoms with Crippen LogP contribution in [0.4, 0.5) is 0 Å².